The lowest BCUT2D eigenvalue weighted by molar-refractivity contribution is -0.116. The predicted molar refractivity (Wildman–Crippen MR) is 147 cm³/mol. The van der Waals surface area contributed by atoms with Gasteiger partial charge < -0.3 is 25.1 Å². The SMILES string of the molecule is COc1ccc(-c2nc(SCCC(=O)Nc3ccc(NC(C)=O)cc3)[nH]c2-c2ccc(OC)cc2)cc1. The van der Waals surface area contributed by atoms with Crippen molar-refractivity contribution in [2.75, 3.05) is 30.6 Å². The van der Waals surface area contributed by atoms with Crippen LogP contribution in [0.4, 0.5) is 11.4 Å². The van der Waals surface area contributed by atoms with Gasteiger partial charge in [0.15, 0.2) is 5.16 Å². The fourth-order valence-electron chi connectivity index (χ4n) is 3.65. The molecule has 8 nitrogen and oxygen atoms in total. The van der Waals surface area contributed by atoms with Crippen LogP contribution in [0, 0.1) is 0 Å². The molecule has 4 aromatic rings. The third kappa shape index (κ3) is 6.92. The molecule has 3 aromatic carbocycles. The van der Waals surface area contributed by atoms with Crippen molar-refractivity contribution in [3.63, 3.8) is 0 Å². The molecule has 4 rings (SSSR count). The van der Waals surface area contributed by atoms with Crippen LogP contribution in [0.1, 0.15) is 13.3 Å². The molecule has 0 bridgehead atoms. The van der Waals surface area contributed by atoms with Crippen molar-refractivity contribution in [3.8, 4) is 34.0 Å². The van der Waals surface area contributed by atoms with E-state index in [1.54, 1.807) is 38.5 Å². The molecule has 0 spiro atoms. The minimum atomic E-state index is -0.142. The molecule has 0 radical (unpaired) electrons. The van der Waals surface area contributed by atoms with Gasteiger partial charge in [-0.3, -0.25) is 9.59 Å². The molecule has 3 N–H and O–H groups in total. The average molecular weight is 517 g/mol. The third-order valence-electron chi connectivity index (χ3n) is 5.48. The molecule has 0 fully saturated rings. The lowest BCUT2D eigenvalue weighted by Gasteiger charge is -2.06. The summed E-state index contributed by atoms with van der Waals surface area (Å²) < 4.78 is 10.6. The van der Waals surface area contributed by atoms with Crippen LogP contribution in [0.15, 0.2) is 78.0 Å². The molecule has 0 aliphatic carbocycles. The Kier molecular flexibility index (Phi) is 8.48. The molecule has 190 valence electrons. The zero-order valence-electron chi connectivity index (χ0n) is 20.8. The number of rotatable bonds is 10. The molecular weight excluding hydrogens is 488 g/mol. The van der Waals surface area contributed by atoms with Gasteiger partial charge in [0.25, 0.3) is 0 Å². The van der Waals surface area contributed by atoms with Crippen molar-refractivity contribution in [3.05, 3.63) is 72.8 Å². The average Bonchev–Trinajstić information content (AvgIpc) is 3.33. The monoisotopic (exact) mass is 516 g/mol. The van der Waals surface area contributed by atoms with Crippen molar-refractivity contribution in [1.29, 1.82) is 0 Å². The molecular formula is C28H28N4O4S. The van der Waals surface area contributed by atoms with Crippen LogP contribution in [-0.2, 0) is 9.59 Å². The second kappa shape index (κ2) is 12.1. The normalized spacial score (nSPS) is 10.6. The molecule has 0 saturated carbocycles. The Morgan fingerprint density at radius 1 is 0.811 bits per heavy atom. The Morgan fingerprint density at radius 2 is 1.35 bits per heavy atom. The zero-order chi connectivity index (χ0) is 26.2. The second-order valence-corrected chi connectivity index (χ2v) is 9.21. The maximum absolute atomic E-state index is 12.5. The first-order chi connectivity index (χ1) is 17.9. The smallest absolute Gasteiger partial charge is 0.225 e. The molecule has 9 heteroatoms. The van der Waals surface area contributed by atoms with E-state index < -0.39 is 0 Å². The summed E-state index contributed by atoms with van der Waals surface area (Å²) >= 11 is 1.48. The van der Waals surface area contributed by atoms with Gasteiger partial charge in [-0.15, -0.1) is 0 Å². The molecule has 2 amide bonds. The van der Waals surface area contributed by atoms with E-state index in [1.165, 1.54) is 18.7 Å². The number of amides is 2. The van der Waals surface area contributed by atoms with Gasteiger partial charge in [0.2, 0.25) is 11.8 Å². The van der Waals surface area contributed by atoms with E-state index >= 15 is 0 Å². The number of ether oxygens (including phenoxy) is 2. The summed E-state index contributed by atoms with van der Waals surface area (Å²) in [6, 6.07) is 22.5. The van der Waals surface area contributed by atoms with Crippen LogP contribution in [0.5, 0.6) is 11.5 Å². The lowest BCUT2D eigenvalue weighted by atomic mass is 10.0. The van der Waals surface area contributed by atoms with Crippen LogP contribution in [0.3, 0.4) is 0 Å². The standard InChI is InChI=1S/C28H28N4O4S/c1-18(33)29-21-8-10-22(11-9-21)30-25(34)16-17-37-28-31-26(19-4-12-23(35-2)13-5-19)27(32-28)20-6-14-24(36-3)15-7-20/h4-15H,16-17H2,1-3H3,(H,29,33)(H,30,34)(H,31,32). The predicted octanol–water partition coefficient (Wildman–Crippen LogP) is 5.84. The molecule has 1 aromatic heterocycles. The maximum Gasteiger partial charge on any atom is 0.225 e. The Hall–Kier alpha value is -4.24. The number of aromatic amines is 1. The van der Waals surface area contributed by atoms with Crippen LogP contribution < -0.4 is 20.1 Å². The number of methoxy groups -OCH3 is 2. The summed E-state index contributed by atoms with van der Waals surface area (Å²) in [6.07, 6.45) is 0.314. The number of thioether (sulfide) groups is 1. The summed E-state index contributed by atoms with van der Waals surface area (Å²) in [5.41, 5.74) is 4.99. The third-order valence-corrected chi connectivity index (χ3v) is 6.36. The van der Waals surface area contributed by atoms with Gasteiger partial charge in [0.1, 0.15) is 11.5 Å². The minimum absolute atomic E-state index is 0.0999. The van der Waals surface area contributed by atoms with Crippen LogP contribution >= 0.6 is 11.8 Å². The largest absolute Gasteiger partial charge is 0.497 e. The first-order valence-electron chi connectivity index (χ1n) is 11.6. The summed E-state index contributed by atoms with van der Waals surface area (Å²) in [6.45, 7) is 1.45. The Morgan fingerprint density at radius 3 is 1.89 bits per heavy atom. The first kappa shape index (κ1) is 25.8. The van der Waals surface area contributed by atoms with Gasteiger partial charge in [-0.05, 0) is 72.8 Å². The zero-order valence-corrected chi connectivity index (χ0v) is 21.6. The van der Waals surface area contributed by atoms with E-state index in [1.807, 2.05) is 48.5 Å². The number of nitrogens with one attached hydrogen (secondary N) is 3. The lowest BCUT2D eigenvalue weighted by Crippen LogP contribution is -2.12. The van der Waals surface area contributed by atoms with Crippen LogP contribution in [0.25, 0.3) is 22.5 Å². The summed E-state index contributed by atoms with van der Waals surface area (Å²) in [5, 5.41) is 6.31. The molecule has 1 heterocycles. The van der Waals surface area contributed by atoms with E-state index in [-0.39, 0.29) is 11.8 Å². The molecule has 37 heavy (non-hydrogen) atoms. The van der Waals surface area contributed by atoms with E-state index in [0.717, 1.165) is 39.2 Å². The highest BCUT2D eigenvalue weighted by molar-refractivity contribution is 7.99. The summed E-state index contributed by atoms with van der Waals surface area (Å²) in [5.74, 6) is 1.86. The number of hydrogen-bond acceptors (Lipinski definition) is 6. The summed E-state index contributed by atoms with van der Waals surface area (Å²) in [4.78, 5) is 31.9. The van der Waals surface area contributed by atoms with Gasteiger partial charge in [-0.1, -0.05) is 11.8 Å². The summed E-state index contributed by atoms with van der Waals surface area (Å²) in [7, 11) is 3.28. The Balaban J connectivity index is 1.44. The first-order valence-corrected chi connectivity index (χ1v) is 12.6. The van der Waals surface area contributed by atoms with Gasteiger partial charge in [-0.25, -0.2) is 4.98 Å². The minimum Gasteiger partial charge on any atom is -0.497 e. The van der Waals surface area contributed by atoms with Gasteiger partial charge >= 0.3 is 0 Å². The number of carbonyl (C=O) groups excluding carboxylic acids is 2. The number of hydrogen-bond donors (Lipinski definition) is 3. The highest BCUT2D eigenvalue weighted by Gasteiger charge is 2.15. The van der Waals surface area contributed by atoms with E-state index in [4.69, 9.17) is 14.5 Å². The molecule has 0 aliphatic heterocycles. The topological polar surface area (TPSA) is 105 Å². The van der Waals surface area contributed by atoms with Crippen molar-refractivity contribution in [1.82, 2.24) is 9.97 Å². The number of imidazole rings is 1. The van der Waals surface area contributed by atoms with Gasteiger partial charge in [-0.2, -0.15) is 0 Å². The highest BCUT2D eigenvalue weighted by atomic mass is 32.2. The quantitative estimate of drug-likeness (QED) is 0.229. The Bertz CT molecular complexity index is 1290. The second-order valence-electron chi connectivity index (χ2n) is 8.13. The molecule has 0 atom stereocenters. The van der Waals surface area contributed by atoms with Crippen LogP contribution in [0.2, 0.25) is 0 Å². The molecule has 0 saturated heterocycles. The van der Waals surface area contributed by atoms with Crippen molar-refractivity contribution < 1.29 is 19.1 Å². The maximum atomic E-state index is 12.5. The number of anilines is 2. The molecule has 0 aliphatic rings. The van der Waals surface area contributed by atoms with Crippen molar-refractivity contribution in [2.45, 2.75) is 18.5 Å². The van der Waals surface area contributed by atoms with Crippen molar-refractivity contribution >= 4 is 35.0 Å². The van der Waals surface area contributed by atoms with E-state index in [2.05, 4.69) is 15.6 Å². The van der Waals surface area contributed by atoms with Gasteiger partial charge in [0.05, 0.1) is 25.6 Å². The van der Waals surface area contributed by atoms with Gasteiger partial charge in [0, 0.05) is 41.6 Å². The van der Waals surface area contributed by atoms with E-state index in [0.29, 0.717) is 23.5 Å². The number of nitrogens with zero attached hydrogens (tertiary/aromatic N) is 1. The number of benzene rings is 3. The van der Waals surface area contributed by atoms with Crippen molar-refractivity contribution in [2.24, 2.45) is 0 Å². The highest BCUT2D eigenvalue weighted by Crippen LogP contribution is 2.34. The molecule has 0 unspecified atom stereocenters. The number of aromatic nitrogens is 2. The fourth-order valence-corrected chi connectivity index (χ4v) is 4.46. The number of carbonyl (C=O) groups is 2. The number of H-pyrrole nitrogens is 1. The van der Waals surface area contributed by atoms with Crippen LogP contribution in [-0.4, -0.2) is 41.8 Å². The van der Waals surface area contributed by atoms with E-state index in [9.17, 15) is 9.59 Å². The fraction of sp³-hybridized carbons (Fsp3) is 0.179. The Labute approximate surface area is 219 Å².